The van der Waals surface area contributed by atoms with E-state index in [1.807, 2.05) is 55.5 Å². The molecular formula is C23H28N2O3. The quantitative estimate of drug-likeness (QED) is 0.626. The first-order chi connectivity index (χ1) is 13.5. The third kappa shape index (κ3) is 5.42. The molecule has 0 aliphatic carbocycles. The minimum Gasteiger partial charge on any atom is -0.396 e. The Balaban J connectivity index is 1.43. The molecule has 5 heteroatoms. The molecule has 2 aromatic rings. The van der Waals surface area contributed by atoms with Crippen molar-refractivity contribution >= 4 is 17.5 Å². The average Bonchev–Trinajstić information content (AvgIpc) is 3.06. The fourth-order valence-electron chi connectivity index (χ4n) is 3.55. The highest BCUT2D eigenvalue weighted by Gasteiger charge is 2.24. The molecular weight excluding hydrogens is 352 g/mol. The zero-order chi connectivity index (χ0) is 20.0. The van der Waals surface area contributed by atoms with E-state index in [4.69, 9.17) is 0 Å². The van der Waals surface area contributed by atoms with Gasteiger partial charge >= 0.3 is 0 Å². The number of amides is 2. The fraction of sp³-hybridized carbons (Fsp3) is 0.391. The number of aliphatic hydroxyl groups excluding tert-OH is 1. The molecule has 0 radical (unpaired) electrons. The highest BCUT2D eigenvalue weighted by atomic mass is 16.3. The van der Waals surface area contributed by atoms with Crippen LogP contribution in [0, 0.1) is 5.41 Å². The van der Waals surface area contributed by atoms with Crippen LogP contribution in [0.4, 0.5) is 5.69 Å². The van der Waals surface area contributed by atoms with Crippen molar-refractivity contribution in [3.8, 4) is 0 Å². The predicted molar refractivity (Wildman–Crippen MR) is 110 cm³/mol. The second kappa shape index (κ2) is 9.02. The third-order valence-corrected chi connectivity index (χ3v) is 5.23. The summed E-state index contributed by atoms with van der Waals surface area (Å²) in [6.07, 6.45) is 3.15. The normalized spacial score (nSPS) is 14.9. The highest BCUT2D eigenvalue weighted by molar-refractivity contribution is 5.99. The van der Waals surface area contributed by atoms with Gasteiger partial charge in [0.15, 0.2) is 0 Å². The number of aryl methyl sites for hydroxylation is 1. The van der Waals surface area contributed by atoms with Crippen LogP contribution >= 0.6 is 0 Å². The largest absolute Gasteiger partial charge is 0.396 e. The SMILES string of the molecule is C[C@](CO)(CNC(=O)CCCc1ccc2c(c1)CC(=O)N2)Cc1ccccc1. The maximum Gasteiger partial charge on any atom is 0.228 e. The Morgan fingerprint density at radius 3 is 2.71 bits per heavy atom. The Morgan fingerprint density at radius 1 is 1.18 bits per heavy atom. The van der Waals surface area contributed by atoms with Crippen molar-refractivity contribution in [2.45, 2.75) is 39.0 Å². The van der Waals surface area contributed by atoms with Crippen LogP contribution in [0.15, 0.2) is 48.5 Å². The van der Waals surface area contributed by atoms with Gasteiger partial charge in [0, 0.05) is 24.1 Å². The molecule has 148 valence electrons. The van der Waals surface area contributed by atoms with Crippen LogP contribution < -0.4 is 10.6 Å². The zero-order valence-electron chi connectivity index (χ0n) is 16.3. The molecule has 0 saturated heterocycles. The van der Waals surface area contributed by atoms with E-state index in [9.17, 15) is 14.7 Å². The van der Waals surface area contributed by atoms with Gasteiger partial charge in [-0.3, -0.25) is 9.59 Å². The smallest absolute Gasteiger partial charge is 0.228 e. The van der Waals surface area contributed by atoms with E-state index in [0.717, 1.165) is 35.2 Å². The van der Waals surface area contributed by atoms with Crippen molar-refractivity contribution in [1.82, 2.24) is 5.32 Å². The maximum absolute atomic E-state index is 12.2. The van der Waals surface area contributed by atoms with E-state index in [1.54, 1.807) is 0 Å². The monoisotopic (exact) mass is 380 g/mol. The summed E-state index contributed by atoms with van der Waals surface area (Å²) in [5.74, 6) is 0.0414. The second-order valence-corrected chi connectivity index (χ2v) is 7.98. The van der Waals surface area contributed by atoms with Gasteiger partial charge in [-0.2, -0.15) is 0 Å². The summed E-state index contributed by atoms with van der Waals surface area (Å²) in [6.45, 7) is 2.45. The van der Waals surface area contributed by atoms with Crippen molar-refractivity contribution in [3.05, 3.63) is 65.2 Å². The molecule has 3 N–H and O–H groups in total. The van der Waals surface area contributed by atoms with Crippen molar-refractivity contribution in [3.63, 3.8) is 0 Å². The molecule has 0 aromatic heterocycles. The molecule has 0 unspecified atom stereocenters. The third-order valence-electron chi connectivity index (χ3n) is 5.23. The predicted octanol–water partition coefficient (Wildman–Crippen LogP) is 2.86. The number of hydrogen-bond donors (Lipinski definition) is 3. The van der Waals surface area contributed by atoms with E-state index in [2.05, 4.69) is 10.6 Å². The number of anilines is 1. The standard InChI is InChI=1S/C23H28N2O3/c1-23(16-26,14-18-6-3-2-4-7-18)15-24-21(27)9-5-8-17-10-11-20-19(12-17)13-22(28)25-20/h2-4,6-7,10-12,26H,5,8-9,13-16H2,1H3,(H,24,27)(H,25,28)/t23-/m1/s1. The number of benzene rings is 2. The van der Waals surface area contributed by atoms with E-state index in [0.29, 0.717) is 25.8 Å². The molecule has 5 nitrogen and oxygen atoms in total. The molecule has 28 heavy (non-hydrogen) atoms. The zero-order valence-corrected chi connectivity index (χ0v) is 16.3. The Hall–Kier alpha value is -2.66. The summed E-state index contributed by atoms with van der Waals surface area (Å²) in [5, 5.41) is 15.6. The first kappa shape index (κ1) is 20.1. The van der Waals surface area contributed by atoms with E-state index in [1.165, 1.54) is 0 Å². The lowest BCUT2D eigenvalue weighted by atomic mass is 9.84. The van der Waals surface area contributed by atoms with Gasteiger partial charge in [0.2, 0.25) is 11.8 Å². The van der Waals surface area contributed by atoms with Gasteiger partial charge < -0.3 is 15.7 Å². The van der Waals surface area contributed by atoms with Gasteiger partial charge in [0.25, 0.3) is 0 Å². The number of nitrogens with one attached hydrogen (secondary N) is 2. The minimum atomic E-state index is -0.378. The Labute approximate surface area is 166 Å². The molecule has 3 rings (SSSR count). The lowest BCUT2D eigenvalue weighted by Crippen LogP contribution is -2.39. The van der Waals surface area contributed by atoms with Crippen molar-refractivity contribution < 1.29 is 14.7 Å². The lowest BCUT2D eigenvalue weighted by Gasteiger charge is -2.27. The lowest BCUT2D eigenvalue weighted by molar-refractivity contribution is -0.121. The van der Waals surface area contributed by atoms with Gasteiger partial charge in [-0.15, -0.1) is 0 Å². The highest BCUT2D eigenvalue weighted by Crippen LogP contribution is 2.24. The van der Waals surface area contributed by atoms with Gasteiger partial charge in [-0.25, -0.2) is 0 Å². The van der Waals surface area contributed by atoms with Crippen molar-refractivity contribution in [2.75, 3.05) is 18.5 Å². The molecule has 1 heterocycles. The van der Waals surface area contributed by atoms with Crippen LogP contribution in [0.5, 0.6) is 0 Å². The molecule has 0 saturated carbocycles. The Bertz CT molecular complexity index is 835. The second-order valence-electron chi connectivity index (χ2n) is 7.98. The van der Waals surface area contributed by atoms with Gasteiger partial charge in [0.1, 0.15) is 0 Å². The summed E-state index contributed by atoms with van der Waals surface area (Å²) in [4.78, 5) is 23.7. The van der Waals surface area contributed by atoms with Crippen molar-refractivity contribution in [1.29, 1.82) is 0 Å². The average molecular weight is 380 g/mol. The van der Waals surface area contributed by atoms with E-state index >= 15 is 0 Å². The number of hydrogen-bond acceptors (Lipinski definition) is 3. The molecule has 2 aromatic carbocycles. The van der Waals surface area contributed by atoms with Gasteiger partial charge in [-0.05, 0) is 42.0 Å². The molecule has 0 fully saturated rings. The molecule has 1 aliphatic rings. The number of fused-ring (bicyclic) bond motifs is 1. The maximum atomic E-state index is 12.2. The Morgan fingerprint density at radius 2 is 1.96 bits per heavy atom. The first-order valence-electron chi connectivity index (χ1n) is 9.81. The van der Waals surface area contributed by atoms with Crippen LogP contribution in [0.2, 0.25) is 0 Å². The summed E-state index contributed by atoms with van der Waals surface area (Å²) < 4.78 is 0. The molecule has 1 aliphatic heterocycles. The van der Waals surface area contributed by atoms with E-state index in [-0.39, 0.29) is 23.8 Å². The fourth-order valence-corrected chi connectivity index (χ4v) is 3.55. The van der Waals surface area contributed by atoms with Gasteiger partial charge in [-0.1, -0.05) is 49.4 Å². The van der Waals surface area contributed by atoms with Crippen LogP contribution in [0.25, 0.3) is 0 Å². The number of aliphatic hydroxyl groups is 1. The number of carbonyl (C=O) groups is 2. The van der Waals surface area contributed by atoms with Crippen LogP contribution in [0.1, 0.15) is 36.5 Å². The van der Waals surface area contributed by atoms with Crippen molar-refractivity contribution in [2.24, 2.45) is 5.41 Å². The molecule has 1 atom stereocenters. The summed E-state index contributed by atoms with van der Waals surface area (Å²) >= 11 is 0. The molecule has 0 spiro atoms. The molecule has 2 amide bonds. The minimum absolute atomic E-state index is 0.00532. The molecule has 0 bridgehead atoms. The number of carbonyl (C=O) groups excluding carboxylic acids is 2. The summed E-state index contributed by atoms with van der Waals surface area (Å²) in [7, 11) is 0. The first-order valence-corrected chi connectivity index (χ1v) is 9.81. The van der Waals surface area contributed by atoms with E-state index < -0.39 is 0 Å². The summed E-state index contributed by atoms with van der Waals surface area (Å²) in [6, 6.07) is 16.0. The Kier molecular flexibility index (Phi) is 6.47. The van der Waals surface area contributed by atoms with Crippen LogP contribution in [-0.4, -0.2) is 30.1 Å². The van der Waals surface area contributed by atoms with Crippen LogP contribution in [0.3, 0.4) is 0 Å². The summed E-state index contributed by atoms with van der Waals surface area (Å²) in [5.41, 5.74) is 3.85. The van der Waals surface area contributed by atoms with Crippen LogP contribution in [-0.2, 0) is 28.9 Å². The number of rotatable bonds is 9. The van der Waals surface area contributed by atoms with Gasteiger partial charge in [0.05, 0.1) is 13.0 Å². The topological polar surface area (TPSA) is 78.4 Å².